The number of unbranched alkanes of at least 4 members (excludes halogenated alkanes) is 4. The molecule has 0 saturated heterocycles. The highest BCUT2D eigenvalue weighted by atomic mass is 32.1. The quantitative estimate of drug-likeness (QED) is 0.385. The van der Waals surface area contributed by atoms with Crippen molar-refractivity contribution in [3.05, 3.63) is 0 Å². The van der Waals surface area contributed by atoms with Gasteiger partial charge < -0.3 is 4.74 Å². The van der Waals surface area contributed by atoms with Gasteiger partial charge in [-0.1, -0.05) is 32.6 Å². The number of thiol groups is 1. The Bertz CT molecular complexity index is 146. The van der Waals surface area contributed by atoms with Crippen molar-refractivity contribution in [3.8, 4) is 0 Å². The van der Waals surface area contributed by atoms with Crippen LogP contribution in [0.4, 0.5) is 0 Å². The van der Waals surface area contributed by atoms with Crippen molar-refractivity contribution >= 4 is 18.6 Å². The second-order valence-electron chi connectivity index (χ2n) is 3.73. The molecular formula is C11H22O2S. The topological polar surface area (TPSA) is 26.3 Å². The Morgan fingerprint density at radius 3 is 2.36 bits per heavy atom. The van der Waals surface area contributed by atoms with Crippen LogP contribution in [0.1, 0.15) is 51.9 Å². The van der Waals surface area contributed by atoms with Gasteiger partial charge in [-0.05, 0) is 18.1 Å². The normalized spacial score (nSPS) is 12.5. The predicted molar refractivity (Wildman–Crippen MR) is 62.8 cm³/mol. The van der Waals surface area contributed by atoms with Crippen LogP contribution in [0.2, 0.25) is 0 Å². The molecule has 0 fully saturated rings. The Balaban J connectivity index is 3.03. The second-order valence-corrected chi connectivity index (χ2v) is 4.61. The fourth-order valence-corrected chi connectivity index (χ4v) is 1.52. The molecule has 0 spiro atoms. The first-order valence-corrected chi connectivity index (χ1v) is 5.93. The van der Waals surface area contributed by atoms with Crippen LogP contribution in [0.15, 0.2) is 0 Å². The van der Waals surface area contributed by atoms with Gasteiger partial charge in [0.25, 0.3) is 0 Å². The van der Waals surface area contributed by atoms with E-state index >= 15 is 0 Å². The first kappa shape index (κ1) is 13.8. The molecule has 0 heterocycles. The molecule has 0 aromatic heterocycles. The van der Waals surface area contributed by atoms with E-state index in [0.29, 0.717) is 11.7 Å². The fraction of sp³-hybridized carbons (Fsp3) is 0.909. The molecule has 0 N–H and O–H groups in total. The Kier molecular flexibility index (Phi) is 9.26. The largest absolute Gasteiger partial charge is 0.469 e. The Labute approximate surface area is 92.8 Å². The number of hydrogen-bond acceptors (Lipinski definition) is 3. The number of hydrogen-bond donors (Lipinski definition) is 1. The SMILES string of the molecule is COC(=O)CCCCCCCC(C)S. The van der Waals surface area contributed by atoms with E-state index in [2.05, 4.69) is 24.3 Å². The number of carbonyl (C=O) groups excluding carboxylic acids is 1. The van der Waals surface area contributed by atoms with Gasteiger partial charge in [-0.25, -0.2) is 0 Å². The summed E-state index contributed by atoms with van der Waals surface area (Å²) >= 11 is 4.32. The monoisotopic (exact) mass is 218 g/mol. The lowest BCUT2D eigenvalue weighted by atomic mass is 10.1. The number of carbonyl (C=O) groups is 1. The first-order chi connectivity index (χ1) is 6.66. The summed E-state index contributed by atoms with van der Waals surface area (Å²) in [6.07, 6.45) is 7.59. The summed E-state index contributed by atoms with van der Waals surface area (Å²) in [4.78, 5) is 10.8. The van der Waals surface area contributed by atoms with Crippen LogP contribution in [0.5, 0.6) is 0 Å². The summed E-state index contributed by atoms with van der Waals surface area (Å²) in [5.74, 6) is -0.0889. The maximum atomic E-state index is 10.8. The van der Waals surface area contributed by atoms with Gasteiger partial charge >= 0.3 is 5.97 Å². The molecule has 0 aromatic rings. The Hall–Kier alpha value is -0.180. The lowest BCUT2D eigenvalue weighted by molar-refractivity contribution is -0.140. The second kappa shape index (κ2) is 9.38. The molecule has 1 unspecified atom stereocenters. The molecule has 14 heavy (non-hydrogen) atoms. The highest BCUT2D eigenvalue weighted by molar-refractivity contribution is 7.80. The molecule has 0 radical (unpaired) electrons. The van der Waals surface area contributed by atoms with Gasteiger partial charge in [0.1, 0.15) is 0 Å². The van der Waals surface area contributed by atoms with Crippen LogP contribution in [0.25, 0.3) is 0 Å². The highest BCUT2D eigenvalue weighted by Gasteiger charge is 1.99. The summed E-state index contributed by atoms with van der Waals surface area (Å²) in [5.41, 5.74) is 0. The minimum Gasteiger partial charge on any atom is -0.469 e. The van der Waals surface area contributed by atoms with E-state index in [0.717, 1.165) is 12.8 Å². The van der Waals surface area contributed by atoms with Gasteiger partial charge in [0.05, 0.1) is 7.11 Å². The zero-order chi connectivity index (χ0) is 10.8. The zero-order valence-electron chi connectivity index (χ0n) is 9.29. The molecule has 0 amide bonds. The Morgan fingerprint density at radius 1 is 1.21 bits per heavy atom. The maximum absolute atomic E-state index is 10.8. The van der Waals surface area contributed by atoms with E-state index in [4.69, 9.17) is 0 Å². The van der Waals surface area contributed by atoms with E-state index < -0.39 is 0 Å². The maximum Gasteiger partial charge on any atom is 0.305 e. The van der Waals surface area contributed by atoms with E-state index in [1.165, 1.54) is 32.8 Å². The molecule has 0 aliphatic rings. The third-order valence-corrected chi connectivity index (χ3v) is 2.49. The van der Waals surface area contributed by atoms with Gasteiger partial charge in [0.2, 0.25) is 0 Å². The average molecular weight is 218 g/mol. The van der Waals surface area contributed by atoms with Crippen LogP contribution >= 0.6 is 12.6 Å². The van der Waals surface area contributed by atoms with Crippen molar-refractivity contribution in [1.82, 2.24) is 0 Å². The number of esters is 1. The van der Waals surface area contributed by atoms with Crippen molar-refractivity contribution in [2.75, 3.05) is 7.11 Å². The lowest BCUT2D eigenvalue weighted by Crippen LogP contribution is -1.99. The molecule has 0 aliphatic heterocycles. The molecular weight excluding hydrogens is 196 g/mol. The lowest BCUT2D eigenvalue weighted by Gasteiger charge is -2.03. The van der Waals surface area contributed by atoms with Crippen LogP contribution < -0.4 is 0 Å². The van der Waals surface area contributed by atoms with Crippen LogP contribution in [0.3, 0.4) is 0 Å². The summed E-state index contributed by atoms with van der Waals surface area (Å²) in [6.45, 7) is 2.13. The fourth-order valence-electron chi connectivity index (χ4n) is 1.34. The summed E-state index contributed by atoms with van der Waals surface area (Å²) in [6, 6.07) is 0. The third kappa shape index (κ3) is 9.90. The zero-order valence-corrected chi connectivity index (χ0v) is 10.2. The molecule has 84 valence electrons. The average Bonchev–Trinajstić information content (AvgIpc) is 2.15. The smallest absolute Gasteiger partial charge is 0.305 e. The van der Waals surface area contributed by atoms with Gasteiger partial charge in [-0.15, -0.1) is 0 Å². The van der Waals surface area contributed by atoms with Crippen LogP contribution in [0, 0.1) is 0 Å². The molecule has 0 aliphatic carbocycles. The third-order valence-electron chi connectivity index (χ3n) is 2.23. The van der Waals surface area contributed by atoms with Gasteiger partial charge in [0.15, 0.2) is 0 Å². The minimum atomic E-state index is -0.0889. The van der Waals surface area contributed by atoms with Crippen LogP contribution in [-0.4, -0.2) is 18.3 Å². The van der Waals surface area contributed by atoms with Crippen molar-refractivity contribution in [3.63, 3.8) is 0 Å². The Morgan fingerprint density at radius 2 is 1.79 bits per heavy atom. The highest BCUT2D eigenvalue weighted by Crippen LogP contribution is 2.10. The molecule has 0 saturated carbocycles. The van der Waals surface area contributed by atoms with Gasteiger partial charge in [-0.3, -0.25) is 4.79 Å². The number of rotatable bonds is 8. The summed E-state index contributed by atoms with van der Waals surface area (Å²) in [5, 5.41) is 0.519. The van der Waals surface area contributed by atoms with Crippen LogP contribution in [-0.2, 0) is 9.53 Å². The van der Waals surface area contributed by atoms with Crippen molar-refractivity contribution in [1.29, 1.82) is 0 Å². The first-order valence-electron chi connectivity index (χ1n) is 5.41. The molecule has 2 nitrogen and oxygen atoms in total. The molecule has 0 rings (SSSR count). The molecule has 0 aromatic carbocycles. The van der Waals surface area contributed by atoms with E-state index in [1.807, 2.05) is 0 Å². The minimum absolute atomic E-state index is 0.0889. The summed E-state index contributed by atoms with van der Waals surface area (Å²) < 4.78 is 4.56. The number of ether oxygens (including phenoxy) is 1. The predicted octanol–water partition coefficient (Wildman–Crippen LogP) is 3.21. The molecule has 0 bridgehead atoms. The van der Waals surface area contributed by atoms with Gasteiger partial charge in [0, 0.05) is 6.42 Å². The number of methoxy groups -OCH3 is 1. The van der Waals surface area contributed by atoms with Crippen molar-refractivity contribution in [2.45, 2.75) is 57.1 Å². The van der Waals surface area contributed by atoms with E-state index in [-0.39, 0.29) is 5.97 Å². The molecule has 3 heteroatoms. The van der Waals surface area contributed by atoms with E-state index in [9.17, 15) is 4.79 Å². The van der Waals surface area contributed by atoms with Crippen molar-refractivity contribution < 1.29 is 9.53 Å². The molecule has 1 atom stereocenters. The van der Waals surface area contributed by atoms with Crippen molar-refractivity contribution in [2.24, 2.45) is 0 Å². The summed E-state index contributed by atoms with van der Waals surface area (Å²) in [7, 11) is 1.44. The van der Waals surface area contributed by atoms with E-state index in [1.54, 1.807) is 0 Å². The standard InChI is InChI=1S/C11H22O2S/c1-10(14)8-6-4-3-5-7-9-11(12)13-2/h10,14H,3-9H2,1-2H3. The van der Waals surface area contributed by atoms with Gasteiger partial charge in [-0.2, -0.15) is 12.6 Å².